The number of benzene rings is 2. The molecule has 1 aliphatic rings. The van der Waals surface area contributed by atoms with Crippen LogP contribution in [0.3, 0.4) is 0 Å². The molecule has 0 atom stereocenters. The number of primary amides is 1. The Kier molecular flexibility index (Phi) is 4.68. The average molecular weight is 449 g/mol. The van der Waals surface area contributed by atoms with Crippen molar-refractivity contribution in [1.29, 1.82) is 0 Å². The fraction of sp³-hybridized carbons (Fsp3) is 0.208. The number of fused-ring (bicyclic) bond motifs is 1. The highest BCUT2D eigenvalue weighted by Gasteiger charge is 2.42. The highest BCUT2D eigenvalue weighted by molar-refractivity contribution is 6.04. The van der Waals surface area contributed by atoms with Gasteiger partial charge in [-0.1, -0.05) is 36.4 Å². The molecule has 7 nitrogen and oxygen atoms in total. The minimum atomic E-state index is -0.855. The van der Waals surface area contributed by atoms with E-state index in [4.69, 9.17) is 11.5 Å². The van der Waals surface area contributed by atoms with E-state index in [-0.39, 0.29) is 45.3 Å². The lowest BCUT2D eigenvalue weighted by molar-refractivity contribution is -0.0535. The summed E-state index contributed by atoms with van der Waals surface area (Å²) in [6, 6.07) is 12.5. The average Bonchev–Trinajstić information content (AvgIpc) is 3.09. The fourth-order valence-corrected chi connectivity index (χ4v) is 4.45. The lowest BCUT2D eigenvalue weighted by atomic mass is 9.77. The lowest BCUT2D eigenvalue weighted by Crippen LogP contribution is -2.42. The highest BCUT2D eigenvalue weighted by Crippen LogP contribution is 2.43. The molecule has 1 amide bonds. The molecule has 2 aromatic carbocycles. The van der Waals surface area contributed by atoms with Crippen LogP contribution in [-0.2, 0) is 0 Å². The first-order valence-corrected chi connectivity index (χ1v) is 10.4. The fourth-order valence-electron chi connectivity index (χ4n) is 4.45. The summed E-state index contributed by atoms with van der Waals surface area (Å²) in [7, 11) is 0. The van der Waals surface area contributed by atoms with Gasteiger partial charge >= 0.3 is 0 Å². The van der Waals surface area contributed by atoms with Crippen LogP contribution >= 0.6 is 0 Å². The second kappa shape index (κ2) is 7.35. The molecule has 4 aromatic rings. The molecule has 33 heavy (non-hydrogen) atoms. The van der Waals surface area contributed by atoms with Gasteiger partial charge in [-0.15, -0.1) is 0 Å². The summed E-state index contributed by atoms with van der Waals surface area (Å²) >= 11 is 0. The van der Waals surface area contributed by atoms with Crippen molar-refractivity contribution < 1.29 is 18.7 Å². The zero-order chi connectivity index (χ0) is 23.5. The monoisotopic (exact) mass is 449 g/mol. The molecule has 0 radical (unpaired) electrons. The van der Waals surface area contributed by atoms with E-state index in [1.54, 1.807) is 37.3 Å². The summed E-state index contributed by atoms with van der Waals surface area (Å²) in [5, 5.41) is 14.7. The number of pyridine rings is 1. The van der Waals surface area contributed by atoms with E-state index in [0.29, 0.717) is 18.4 Å². The van der Waals surface area contributed by atoms with Crippen molar-refractivity contribution in [1.82, 2.24) is 14.8 Å². The van der Waals surface area contributed by atoms with Gasteiger partial charge in [0.25, 0.3) is 5.91 Å². The van der Waals surface area contributed by atoms with E-state index in [1.807, 2.05) is 0 Å². The van der Waals surface area contributed by atoms with Gasteiger partial charge < -0.3 is 16.6 Å². The molecular formula is C24H21F2N5O2. The van der Waals surface area contributed by atoms with E-state index in [1.165, 1.54) is 22.9 Å². The van der Waals surface area contributed by atoms with Crippen molar-refractivity contribution in [2.75, 3.05) is 5.73 Å². The Balaban J connectivity index is 1.68. The van der Waals surface area contributed by atoms with Crippen LogP contribution in [0.2, 0.25) is 0 Å². The number of aromatic nitrogens is 3. The van der Waals surface area contributed by atoms with Gasteiger partial charge in [-0.25, -0.2) is 18.4 Å². The molecule has 1 saturated carbocycles. The number of hydrogen-bond acceptors (Lipinski definition) is 5. The largest absolute Gasteiger partial charge is 0.390 e. The number of amides is 1. The van der Waals surface area contributed by atoms with Crippen molar-refractivity contribution in [3.8, 4) is 22.5 Å². The van der Waals surface area contributed by atoms with Crippen LogP contribution in [0.5, 0.6) is 0 Å². The normalized spacial score (nSPS) is 20.1. The second-order valence-electron chi connectivity index (χ2n) is 8.66. The van der Waals surface area contributed by atoms with Crippen molar-refractivity contribution in [3.05, 3.63) is 65.7 Å². The summed E-state index contributed by atoms with van der Waals surface area (Å²) in [5.41, 5.74) is 11.2. The first-order valence-electron chi connectivity index (χ1n) is 10.4. The standard InChI is InChI=1S/C24H21F2N5O2/c1-24(33)10-14(11-24)31-22(27)17(23(28)32)21(30-31)15-8-7-13-9-16(25)19(29-20(13)18(15)26)12-5-3-2-4-6-12/h2-9,14,33H,10-11,27H2,1H3,(H2,28,32)/t14-,24+. The number of nitrogens with zero attached hydrogens (tertiary/aromatic N) is 3. The molecule has 1 fully saturated rings. The third-order valence-electron chi connectivity index (χ3n) is 6.07. The number of halogens is 2. The van der Waals surface area contributed by atoms with Gasteiger partial charge in [0.2, 0.25) is 0 Å². The van der Waals surface area contributed by atoms with Crippen molar-refractivity contribution in [2.24, 2.45) is 5.73 Å². The first-order chi connectivity index (χ1) is 15.7. The lowest BCUT2D eigenvalue weighted by Gasteiger charge is -2.41. The molecule has 0 bridgehead atoms. The highest BCUT2D eigenvalue weighted by atomic mass is 19.1. The maximum Gasteiger partial charge on any atom is 0.254 e. The third-order valence-corrected chi connectivity index (χ3v) is 6.07. The number of nitrogen functional groups attached to an aromatic ring is 1. The zero-order valence-corrected chi connectivity index (χ0v) is 17.7. The van der Waals surface area contributed by atoms with Crippen LogP contribution in [0.4, 0.5) is 14.6 Å². The van der Waals surface area contributed by atoms with Crippen molar-refractivity contribution in [2.45, 2.75) is 31.4 Å². The number of carbonyl (C=O) groups is 1. The smallest absolute Gasteiger partial charge is 0.254 e. The van der Waals surface area contributed by atoms with Gasteiger partial charge in [-0.2, -0.15) is 5.10 Å². The minimum Gasteiger partial charge on any atom is -0.390 e. The summed E-state index contributed by atoms with van der Waals surface area (Å²) in [6.07, 6.45) is 0.774. The molecule has 0 saturated heterocycles. The Morgan fingerprint density at radius 1 is 1.15 bits per heavy atom. The van der Waals surface area contributed by atoms with E-state index in [9.17, 15) is 14.3 Å². The first kappa shape index (κ1) is 21.0. The Morgan fingerprint density at radius 3 is 2.48 bits per heavy atom. The Morgan fingerprint density at radius 2 is 1.85 bits per heavy atom. The summed E-state index contributed by atoms with van der Waals surface area (Å²) in [6.45, 7) is 1.69. The predicted molar refractivity (Wildman–Crippen MR) is 120 cm³/mol. The third kappa shape index (κ3) is 3.41. The van der Waals surface area contributed by atoms with Crippen LogP contribution in [0.15, 0.2) is 48.5 Å². The molecule has 2 heterocycles. The summed E-state index contributed by atoms with van der Waals surface area (Å²) < 4.78 is 31.8. The Bertz CT molecular complexity index is 1410. The molecule has 1 aliphatic carbocycles. The second-order valence-corrected chi connectivity index (χ2v) is 8.66. The van der Waals surface area contributed by atoms with Crippen LogP contribution in [-0.4, -0.2) is 31.4 Å². The number of rotatable bonds is 4. The number of aliphatic hydroxyl groups is 1. The Hall–Kier alpha value is -3.85. The molecule has 5 N–H and O–H groups in total. The number of hydrogen-bond donors (Lipinski definition) is 3. The van der Waals surface area contributed by atoms with Crippen LogP contribution in [0, 0.1) is 11.6 Å². The molecular weight excluding hydrogens is 428 g/mol. The zero-order valence-electron chi connectivity index (χ0n) is 17.7. The van der Waals surface area contributed by atoms with E-state index in [2.05, 4.69) is 10.1 Å². The maximum absolute atomic E-state index is 15.7. The molecule has 5 rings (SSSR count). The molecule has 9 heteroatoms. The topological polar surface area (TPSA) is 120 Å². The predicted octanol–water partition coefficient (Wildman–Crippen LogP) is 3.81. The number of nitrogens with two attached hydrogens (primary N) is 2. The minimum absolute atomic E-state index is 0.00883. The summed E-state index contributed by atoms with van der Waals surface area (Å²) in [4.78, 5) is 16.4. The molecule has 2 aromatic heterocycles. The van der Waals surface area contributed by atoms with Gasteiger partial charge in [-0.3, -0.25) is 4.79 Å². The van der Waals surface area contributed by atoms with Gasteiger partial charge in [0.05, 0.1) is 11.6 Å². The van der Waals surface area contributed by atoms with Crippen LogP contribution < -0.4 is 11.5 Å². The molecule has 0 aliphatic heterocycles. The quantitative estimate of drug-likeness (QED) is 0.438. The van der Waals surface area contributed by atoms with Gasteiger partial charge in [0.1, 0.15) is 34.1 Å². The van der Waals surface area contributed by atoms with E-state index in [0.717, 1.165) is 0 Å². The van der Waals surface area contributed by atoms with Crippen molar-refractivity contribution in [3.63, 3.8) is 0 Å². The molecule has 0 unspecified atom stereocenters. The molecule has 0 spiro atoms. The van der Waals surface area contributed by atoms with Crippen LogP contribution in [0.1, 0.15) is 36.2 Å². The number of anilines is 1. The molecule has 168 valence electrons. The van der Waals surface area contributed by atoms with Gasteiger partial charge in [0, 0.05) is 16.5 Å². The summed E-state index contributed by atoms with van der Waals surface area (Å²) in [5.74, 6) is -2.19. The van der Waals surface area contributed by atoms with Gasteiger partial charge in [-0.05, 0) is 31.9 Å². The van der Waals surface area contributed by atoms with Gasteiger partial charge in [0.15, 0.2) is 5.82 Å². The van der Waals surface area contributed by atoms with Crippen molar-refractivity contribution >= 4 is 22.6 Å². The maximum atomic E-state index is 15.7. The van der Waals surface area contributed by atoms with E-state index < -0.39 is 23.1 Å². The SMILES string of the molecule is C[C@]1(O)C[C@@H](n2nc(-c3ccc4cc(F)c(-c5ccccc5)nc4c3F)c(C(N)=O)c2N)C1. The van der Waals surface area contributed by atoms with E-state index >= 15 is 4.39 Å². The van der Waals surface area contributed by atoms with Crippen LogP contribution in [0.25, 0.3) is 33.4 Å². The Labute approximate surface area is 187 Å². The number of carbonyl (C=O) groups excluding carboxylic acids is 1.